The van der Waals surface area contributed by atoms with Gasteiger partial charge in [0.15, 0.2) is 18.9 Å². The number of hydrogen-bond acceptors (Lipinski definition) is 18. The van der Waals surface area contributed by atoms with E-state index in [9.17, 15) is 51.1 Å². The minimum atomic E-state index is -1.77. The Labute approximate surface area is 388 Å². The predicted molar refractivity (Wildman–Crippen MR) is 229 cm³/mol. The molecule has 0 aromatic carbocycles. The third-order valence-corrected chi connectivity index (χ3v) is 20.0. The topological polar surface area (TPSA) is 276 Å². The molecule has 4 aliphatic carbocycles. The van der Waals surface area contributed by atoms with Crippen molar-refractivity contribution in [3.63, 3.8) is 0 Å². The second kappa shape index (κ2) is 16.7. The van der Waals surface area contributed by atoms with Gasteiger partial charge in [0.2, 0.25) is 5.79 Å². The van der Waals surface area contributed by atoms with Crippen LogP contribution in [-0.4, -0.2) is 185 Å². The van der Waals surface area contributed by atoms with Crippen LogP contribution in [0.3, 0.4) is 0 Å². The van der Waals surface area contributed by atoms with Crippen LogP contribution in [0.25, 0.3) is 0 Å². The summed E-state index contributed by atoms with van der Waals surface area (Å²) in [5.41, 5.74) is -3.04. The molecule has 4 saturated carbocycles. The van der Waals surface area contributed by atoms with Gasteiger partial charge in [-0.2, -0.15) is 0 Å². The van der Waals surface area contributed by atoms with Crippen LogP contribution in [0.2, 0.25) is 0 Å². The molecule has 5 saturated heterocycles. The van der Waals surface area contributed by atoms with Crippen molar-refractivity contribution in [1.82, 2.24) is 0 Å². The highest BCUT2D eigenvalue weighted by Gasteiger charge is 2.77. The second-order valence-corrected chi connectivity index (χ2v) is 24.2. The van der Waals surface area contributed by atoms with Gasteiger partial charge in [0.25, 0.3) is 0 Å². The highest BCUT2D eigenvalue weighted by Crippen LogP contribution is 2.78. The molecule has 0 aromatic heterocycles. The summed E-state index contributed by atoms with van der Waals surface area (Å²) in [6.07, 6.45) is -17.8. The van der Waals surface area contributed by atoms with Crippen molar-refractivity contribution in [2.24, 2.45) is 45.3 Å². The highest BCUT2D eigenvalue weighted by atomic mass is 16.8. The average Bonchev–Trinajstić information content (AvgIpc) is 3.71. The van der Waals surface area contributed by atoms with E-state index in [1.807, 2.05) is 0 Å². The minimum absolute atomic E-state index is 0.0643. The van der Waals surface area contributed by atoms with Crippen molar-refractivity contribution in [2.45, 2.75) is 248 Å². The van der Waals surface area contributed by atoms with Gasteiger partial charge in [0.05, 0.1) is 36.6 Å². The zero-order valence-corrected chi connectivity index (χ0v) is 40.3. The molecule has 9 fully saturated rings. The van der Waals surface area contributed by atoms with Gasteiger partial charge in [-0.1, -0.05) is 34.6 Å². The van der Waals surface area contributed by atoms with Crippen LogP contribution in [0.4, 0.5) is 0 Å². The molecule has 0 radical (unpaired) electrons. The van der Waals surface area contributed by atoms with Crippen LogP contribution in [0.5, 0.6) is 0 Å². The minimum Gasteiger partial charge on any atom is -0.394 e. The molecule has 9 aliphatic rings. The summed E-state index contributed by atoms with van der Waals surface area (Å²) in [7, 11) is 0. The number of aliphatic hydroxyl groups excluding tert-OH is 9. The Kier molecular flexibility index (Phi) is 12.7. The van der Waals surface area contributed by atoms with Gasteiger partial charge in [0, 0.05) is 6.42 Å². The van der Waals surface area contributed by atoms with E-state index in [1.54, 1.807) is 13.8 Å². The third-order valence-electron chi connectivity index (χ3n) is 20.0. The van der Waals surface area contributed by atoms with Crippen LogP contribution in [0, 0.1) is 45.3 Å². The maximum absolute atomic E-state index is 11.7. The largest absolute Gasteiger partial charge is 0.394 e. The Bertz CT molecular complexity index is 1780. The summed E-state index contributed by atoms with van der Waals surface area (Å²) in [4.78, 5) is 0. The smallest absolute Gasteiger partial charge is 0.224 e. The Morgan fingerprint density at radius 3 is 1.77 bits per heavy atom. The van der Waals surface area contributed by atoms with Gasteiger partial charge in [-0.05, 0) is 125 Å². The maximum atomic E-state index is 11.7. The summed E-state index contributed by atoms with van der Waals surface area (Å²) in [6.45, 7) is 19.5. The lowest BCUT2D eigenvalue weighted by Gasteiger charge is -2.71. The molecular weight excluding hydrogens is 865 g/mol. The molecule has 0 spiro atoms. The van der Waals surface area contributed by atoms with Crippen molar-refractivity contribution >= 4 is 0 Å². The predicted octanol–water partition coefficient (Wildman–Crippen LogP) is 0.576. The van der Waals surface area contributed by atoms with Crippen LogP contribution in [0.1, 0.15) is 121 Å². The first-order chi connectivity index (χ1) is 30.6. The molecule has 66 heavy (non-hydrogen) atoms. The van der Waals surface area contributed by atoms with E-state index < -0.39 is 133 Å². The lowest BCUT2D eigenvalue weighted by Crippen LogP contribution is -2.69. The summed E-state index contributed by atoms with van der Waals surface area (Å²) in [6, 6.07) is 0. The van der Waals surface area contributed by atoms with Crippen molar-refractivity contribution in [1.29, 1.82) is 0 Å². The number of fused-ring (bicyclic) bond motifs is 7. The van der Waals surface area contributed by atoms with Crippen molar-refractivity contribution in [2.75, 3.05) is 6.61 Å². The third kappa shape index (κ3) is 7.15. The first-order valence-corrected chi connectivity index (χ1v) is 24.7. The lowest BCUT2D eigenvalue weighted by molar-refractivity contribution is -0.398. The summed E-state index contributed by atoms with van der Waals surface area (Å²) in [5, 5.41) is 110. The van der Waals surface area contributed by atoms with Gasteiger partial charge in [-0.15, -0.1) is 0 Å². The number of hydrogen-bond donors (Lipinski definition) is 10. The van der Waals surface area contributed by atoms with Gasteiger partial charge >= 0.3 is 0 Å². The van der Waals surface area contributed by atoms with Gasteiger partial charge in [0.1, 0.15) is 72.7 Å². The van der Waals surface area contributed by atoms with Crippen molar-refractivity contribution in [3.05, 3.63) is 0 Å². The Morgan fingerprint density at radius 2 is 1.20 bits per heavy atom. The first kappa shape index (κ1) is 50.2. The molecule has 2 bridgehead atoms. The molecule has 5 heterocycles. The standard InChI is InChI=1S/C48H80O18/c1-20-30(51)33(54)35(56)39(59-20)63-37-32(53)24(19-49)61-41(38(37)64-40-36(57)34(55)31(52)21(2)60-40)62-28-13-14-44(7)25(42(28,3)4)12-16-45(8)26(44)17-23-29-22(11-15-46(29,45)9)47(10)18-27(50)48(65-23,66-47)43(5,6)58/h20-41,49-58H,11-19H2,1-10H3. The monoisotopic (exact) mass is 945 g/mol. The fourth-order valence-electron chi connectivity index (χ4n) is 16.1. The van der Waals surface area contributed by atoms with Gasteiger partial charge < -0.3 is 89.0 Å². The van der Waals surface area contributed by atoms with Crippen LogP contribution >= 0.6 is 0 Å². The molecule has 18 nitrogen and oxygen atoms in total. The molecule has 5 aliphatic heterocycles. The highest BCUT2D eigenvalue weighted by molar-refractivity contribution is 5.23. The Hall–Kier alpha value is -0.720. The molecule has 18 heteroatoms. The van der Waals surface area contributed by atoms with Gasteiger partial charge in [-0.3, -0.25) is 0 Å². The molecule has 10 N–H and O–H groups in total. The maximum Gasteiger partial charge on any atom is 0.224 e. The second-order valence-electron chi connectivity index (χ2n) is 24.2. The molecule has 9 rings (SSSR count). The molecule has 0 aromatic rings. The van der Waals surface area contributed by atoms with Crippen molar-refractivity contribution in [3.8, 4) is 0 Å². The average molecular weight is 945 g/mol. The first-order valence-electron chi connectivity index (χ1n) is 24.7. The SMILES string of the molecule is CC1OC(OC2C(OC3CCC4(C)C(CCC5(C)C4CC4OC6(C(C)(C)O)OC(C)(CC6O)C6CCC5(C)C46)C3(C)C)OC(CO)C(O)C2OC2OC(C)C(O)C(O)C2O)C(O)C(O)C1O. The summed E-state index contributed by atoms with van der Waals surface area (Å²) >= 11 is 0. The van der Waals surface area contributed by atoms with Crippen LogP contribution in [-0.2, 0) is 37.9 Å². The van der Waals surface area contributed by atoms with E-state index in [-0.39, 0.29) is 46.0 Å². The van der Waals surface area contributed by atoms with Gasteiger partial charge in [-0.25, -0.2) is 0 Å². The van der Waals surface area contributed by atoms with Crippen LogP contribution < -0.4 is 0 Å². The number of rotatable bonds is 8. The van der Waals surface area contributed by atoms with E-state index >= 15 is 0 Å². The molecule has 380 valence electrons. The summed E-state index contributed by atoms with van der Waals surface area (Å²) in [5.74, 6) is -0.938. The molecule has 27 atom stereocenters. The Balaban J connectivity index is 1.02. The van der Waals surface area contributed by atoms with E-state index in [0.717, 1.165) is 38.5 Å². The molecular formula is C48H80O18. The quantitative estimate of drug-likeness (QED) is 0.149. The fourth-order valence-corrected chi connectivity index (χ4v) is 16.1. The van der Waals surface area contributed by atoms with E-state index in [1.165, 1.54) is 13.8 Å². The zero-order chi connectivity index (χ0) is 48.2. The number of aliphatic hydroxyl groups is 10. The number of ether oxygens (including phenoxy) is 8. The zero-order valence-electron chi connectivity index (χ0n) is 40.3. The van der Waals surface area contributed by atoms with E-state index in [2.05, 4.69) is 41.5 Å². The van der Waals surface area contributed by atoms with E-state index in [0.29, 0.717) is 12.8 Å². The summed E-state index contributed by atoms with van der Waals surface area (Å²) < 4.78 is 51.6. The normalized spacial score (nSPS) is 59.1. The molecule has 27 unspecified atom stereocenters. The van der Waals surface area contributed by atoms with E-state index in [4.69, 9.17) is 37.9 Å². The lowest BCUT2D eigenvalue weighted by atomic mass is 9.35. The van der Waals surface area contributed by atoms with Crippen LogP contribution in [0.15, 0.2) is 0 Å². The Morgan fingerprint density at radius 1 is 0.621 bits per heavy atom. The van der Waals surface area contributed by atoms with Crippen molar-refractivity contribution < 1.29 is 89.0 Å². The molecule has 0 amide bonds. The fraction of sp³-hybridized carbons (Fsp3) is 1.00.